The number of aromatic nitrogens is 1. The molecular formula is C25H26N2O3. The van der Waals surface area contributed by atoms with E-state index in [2.05, 4.69) is 46.3 Å². The summed E-state index contributed by atoms with van der Waals surface area (Å²) in [6, 6.07) is 18.9. The van der Waals surface area contributed by atoms with Gasteiger partial charge in [-0.1, -0.05) is 30.3 Å². The van der Waals surface area contributed by atoms with Crippen LogP contribution in [0, 0.1) is 0 Å². The van der Waals surface area contributed by atoms with Crippen LogP contribution in [0.25, 0.3) is 11.1 Å². The molecule has 2 aliphatic heterocycles. The van der Waals surface area contributed by atoms with Crippen molar-refractivity contribution in [3.8, 4) is 16.9 Å². The van der Waals surface area contributed by atoms with Gasteiger partial charge in [-0.05, 0) is 46.5 Å². The number of methoxy groups -OCH3 is 1. The minimum atomic E-state index is 0.0206. The number of hydrogen-bond acceptors (Lipinski definition) is 5. The van der Waals surface area contributed by atoms with Gasteiger partial charge in [0.1, 0.15) is 11.9 Å². The second-order valence-corrected chi connectivity index (χ2v) is 7.82. The summed E-state index contributed by atoms with van der Waals surface area (Å²) in [6.07, 6.45) is 1.85. The third kappa shape index (κ3) is 3.84. The Labute approximate surface area is 177 Å². The van der Waals surface area contributed by atoms with E-state index in [1.807, 2.05) is 24.4 Å². The fourth-order valence-electron chi connectivity index (χ4n) is 4.37. The van der Waals surface area contributed by atoms with E-state index in [-0.39, 0.29) is 6.10 Å². The van der Waals surface area contributed by atoms with Crippen molar-refractivity contribution in [2.45, 2.75) is 25.9 Å². The van der Waals surface area contributed by atoms with Crippen molar-refractivity contribution in [2.24, 2.45) is 0 Å². The zero-order valence-electron chi connectivity index (χ0n) is 17.2. The van der Waals surface area contributed by atoms with Crippen LogP contribution in [-0.4, -0.2) is 36.7 Å². The summed E-state index contributed by atoms with van der Waals surface area (Å²) < 4.78 is 17.4. The van der Waals surface area contributed by atoms with Crippen molar-refractivity contribution in [1.29, 1.82) is 0 Å². The first-order valence-electron chi connectivity index (χ1n) is 10.4. The van der Waals surface area contributed by atoms with Gasteiger partial charge in [-0.15, -0.1) is 0 Å². The summed E-state index contributed by atoms with van der Waals surface area (Å²) in [6.45, 7) is 4.69. The van der Waals surface area contributed by atoms with E-state index in [1.54, 1.807) is 7.11 Å². The molecule has 154 valence electrons. The Balaban J connectivity index is 1.40. The minimum Gasteiger partial charge on any atom is -0.496 e. The number of benzene rings is 2. The highest BCUT2D eigenvalue weighted by Gasteiger charge is 2.24. The van der Waals surface area contributed by atoms with E-state index in [9.17, 15) is 0 Å². The number of nitrogens with zero attached hydrogens (tertiary/aromatic N) is 2. The monoisotopic (exact) mass is 402 g/mol. The van der Waals surface area contributed by atoms with Crippen LogP contribution in [0.4, 0.5) is 0 Å². The second-order valence-electron chi connectivity index (χ2n) is 7.82. The van der Waals surface area contributed by atoms with Gasteiger partial charge in [0.2, 0.25) is 0 Å². The van der Waals surface area contributed by atoms with Crippen molar-refractivity contribution in [3.05, 3.63) is 83.2 Å². The molecule has 5 nitrogen and oxygen atoms in total. The summed E-state index contributed by atoms with van der Waals surface area (Å²) in [5.74, 6) is 0.896. The van der Waals surface area contributed by atoms with Crippen LogP contribution in [-0.2, 0) is 29.2 Å². The number of hydrogen-bond donors (Lipinski definition) is 0. The third-order valence-electron chi connectivity index (χ3n) is 5.91. The molecule has 0 amide bonds. The Morgan fingerprint density at radius 2 is 2.03 bits per heavy atom. The molecule has 0 saturated carbocycles. The van der Waals surface area contributed by atoms with E-state index in [1.165, 1.54) is 22.3 Å². The molecule has 3 heterocycles. The van der Waals surface area contributed by atoms with E-state index in [4.69, 9.17) is 14.2 Å². The average Bonchev–Trinajstić information content (AvgIpc) is 3.29. The number of ether oxygens (including phenoxy) is 3. The van der Waals surface area contributed by atoms with Gasteiger partial charge in [-0.2, -0.15) is 0 Å². The zero-order valence-corrected chi connectivity index (χ0v) is 17.2. The summed E-state index contributed by atoms with van der Waals surface area (Å²) in [4.78, 5) is 6.91. The van der Waals surface area contributed by atoms with Gasteiger partial charge in [-0.25, -0.2) is 0 Å². The molecule has 0 aliphatic carbocycles. The van der Waals surface area contributed by atoms with Crippen molar-refractivity contribution >= 4 is 0 Å². The normalized spacial score (nSPS) is 18.9. The van der Waals surface area contributed by atoms with Gasteiger partial charge in [-0.3, -0.25) is 9.88 Å². The number of rotatable bonds is 5. The van der Waals surface area contributed by atoms with Gasteiger partial charge in [0, 0.05) is 31.4 Å². The fourth-order valence-corrected chi connectivity index (χ4v) is 4.37. The lowest BCUT2D eigenvalue weighted by atomic mass is 9.95. The highest BCUT2D eigenvalue weighted by molar-refractivity contribution is 5.75. The van der Waals surface area contributed by atoms with Crippen LogP contribution in [0.5, 0.6) is 5.75 Å². The van der Waals surface area contributed by atoms with Crippen molar-refractivity contribution < 1.29 is 14.2 Å². The van der Waals surface area contributed by atoms with E-state index in [0.29, 0.717) is 19.8 Å². The summed E-state index contributed by atoms with van der Waals surface area (Å²) in [7, 11) is 1.73. The first-order chi connectivity index (χ1) is 14.8. The predicted octanol–water partition coefficient (Wildman–Crippen LogP) is 4.36. The maximum Gasteiger partial charge on any atom is 0.126 e. The SMILES string of the molecule is COc1ccc(CN2CCOC(c3ccccn3)C2)cc1-c1cccc2c1COC2. The fraction of sp³-hybridized carbons (Fsp3) is 0.320. The smallest absolute Gasteiger partial charge is 0.126 e. The molecule has 30 heavy (non-hydrogen) atoms. The van der Waals surface area contributed by atoms with Crippen LogP contribution in [0.1, 0.15) is 28.5 Å². The lowest BCUT2D eigenvalue weighted by molar-refractivity contribution is -0.0349. The molecule has 1 fully saturated rings. The quantitative estimate of drug-likeness (QED) is 0.634. The molecule has 0 bridgehead atoms. The molecule has 0 N–H and O–H groups in total. The van der Waals surface area contributed by atoms with Gasteiger partial charge < -0.3 is 14.2 Å². The van der Waals surface area contributed by atoms with Gasteiger partial charge in [0.15, 0.2) is 0 Å². The first-order valence-corrected chi connectivity index (χ1v) is 10.4. The lowest BCUT2D eigenvalue weighted by Gasteiger charge is -2.32. The first kappa shape index (κ1) is 19.2. The lowest BCUT2D eigenvalue weighted by Crippen LogP contribution is -2.38. The Bertz CT molecular complexity index is 1020. The van der Waals surface area contributed by atoms with Crippen LogP contribution in [0.15, 0.2) is 60.8 Å². The highest BCUT2D eigenvalue weighted by Crippen LogP contribution is 2.37. The maximum absolute atomic E-state index is 5.97. The minimum absolute atomic E-state index is 0.0206. The van der Waals surface area contributed by atoms with E-state index < -0.39 is 0 Å². The number of morpholine rings is 1. The summed E-state index contributed by atoms with van der Waals surface area (Å²) in [5.41, 5.74) is 7.14. The Morgan fingerprint density at radius 1 is 1.07 bits per heavy atom. The molecule has 2 aromatic carbocycles. The third-order valence-corrected chi connectivity index (χ3v) is 5.91. The van der Waals surface area contributed by atoms with E-state index in [0.717, 1.165) is 36.6 Å². The van der Waals surface area contributed by atoms with Crippen LogP contribution in [0.2, 0.25) is 0 Å². The molecule has 2 aliphatic rings. The van der Waals surface area contributed by atoms with Crippen LogP contribution in [0.3, 0.4) is 0 Å². The summed E-state index contributed by atoms with van der Waals surface area (Å²) in [5, 5.41) is 0. The molecule has 5 rings (SSSR count). The number of pyridine rings is 1. The molecule has 1 atom stereocenters. The van der Waals surface area contributed by atoms with Gasteiger partial charge >= 0.3 is 0 Å². The second kappa shape index (κ2) is 8.56. The summed E-state index contributed by atoms with van der Waals surface area (Å²) >= 11 is 0. The van der Waals surface area contributed by atoms with Gasteiger partial charge in [0.25, 0.3) is 0 Å². The highest BCUT2D eigenvalue weighted by atomic mass is 16.5. The van der Waals surface area contributed by atoms with Crippen molar-refractivity contribution in [1.82, 2.24) is 9.88 Å². The number of fused-ring (bicyclic) bond motifs is 1. The average molecular weight is 402 g/mol. The molecule has 3 aromatic rings. The van der Waals surface area contributed by atoms with Crippen molar-refractivity contribution in [2.75, 3.05) is 26.8 Å². The predicted molar refractivity (Wildman–Crippen MR) is 115 cm³/mol. The van der Waals surface area contributed by atoms with Crippen LogP contribution < -0.4 is 4.74 Å². The Morgan fingerprint density at radius 3 is 2.90 bits per heavy atom. The molecular weight excluding hydrogens is 376 g/mol. The largest absolute Gasteiger partial charge is 0.496 e. The molecule has 1 saturated heterocycles. The van der Waals surface area contributed by atoms with Gasteiger partial charge in [0.05, 0.1) is 32.6 Å². The maximum atomic E-state index is 5.97. The van der Waals surface area contributed by atoms with E-state index >= 15 is 0 Å². The van der Waals surface area contributed by atoms with Crippen LogP contribution >= 0.6 is 0 Å². The molecule has 1 aromatic heterocycles. The zero-order chi connectivity index (χ0) is 20.3. The Hall–Kier alpha value is -2.73. The topological polar surface area (TPSA) is 43.8 Å². The molecule has 0 radical (unpaired) electrons. The molecule has 5 heteroatoms. The Kier molecular flexibility index (Phi) is 5.49. The molecule has 0 spiro atoms. The molecule has 1 unspecified atom stereocenters. The standard InChI is InChI=1S/C25H26N2O3/c1-28-24-9-8-18(13-21(24)20-6-4-5-19-16-29-17-22(19)20)14-27-11-12-30-25(15-27)23-7-2-3-10-26-23/h2-10,13,25H,11-12,14-17H2,1H3. The van der Waals surface area contributed by atoms with Crippen molar-refractivity contribution in [3.63, 3.8) is 0 Å².